The maximum atomic E-state index is 11.4. The van der Waals surface area contributed by atoms with Crippen LogP contribution in [0.25, 0.3) is 0 Å². The van der Waals surface area contributed by atoms with Crippen LogP contribution in [-0.4, -0.2) is 31.8 Å². The first kappa shape index (κ1) is 15.6. The minimum atomic E-state index is -1.02. The van der Waals surface area contributed by atoms with Crippen LogP contribution < -0.4 is 11.1 Å². The topological polar surface area (TPSA) is 90.7 Å². The third-order valence-electron chi connectivity index (χ3n) is 2.06. The Kier molecular flexibility index (Phi) is 5.88. The van der Waals surface area contributed by atoms with Gasteiger partial charge in [-0.1, -0.05) is 23.2 Å². The molecule has 8 heteroatoms. The molecule has 1 unspecified atom stereocenters. The second-order valence-corrected chi connectivity index (χ2v) is 4.30. The summed E-state index contributed by atoms with van der Waals surface area (Å²) in [6.07, 6.45) is -0.766. The van der Waals surface area contributed by atoms with Crippen molar-refractivity contribution in [1.29, 1.82) is 0 Å². The molecule has 19 heavy (non-hydrogen) atoms. The van der Waals surface area contributed by atoms with Crippen molar-refractivity contribution in [3.05, 3.63) is 28.2 Å². The van der Waals surface area contributed by atoms with Crippen molar-refractivity contribution in [3.63, 3.8) is 0 Å². The van der Waals surface area contributed by atoms with Crippen LogP contribution in [0.5, 0.6) is 0 Å². The number of hydrogen-bond donors (Lipinski definition) is 2. The molecule has 104 valence electrons. The molecule has 1 atom stereocenters. The normalized spacial score (nSPS) is 11.6. The van der Waals surface area contributed by atoms with Crippen LogP contribution in [0.1, 0.15) is 0 Å². The average Bonchev–Trinajstić information content (AvgIpc) is 2.39. The number of carbonyl (C=O) groups is 2. The van der Waals surface area contributed by atoms with Crippen LogP contribution in [0.3, 0.4) is 0 Å². The van der Waals surface area contributed by atoms with Gasteiger partial charge in [0.05, 0.1) is 17.2 Å². The quantitative estimate of drug-likeness (QED) is 0.831. The number of esters is 1. The number of rotatable bonds is 4. The van der Waals surface area contributed by atoms with Crippen molar-refractivity contribution in [3.8, 4) is 0 Å². The zero-order valence-corrected chi connectivity index (χ0v) is 11.5. The molecule has 0 aromatic heterocycles. The number of nitrogens with one attached hydrogen (secondary N) is 1. The van der Waals surface area contributed by atoms with Gasteiger partial charge in [0.15, 0.2) is 0 Å². The van der Waals surface area contributed by atoms with Gasteiger partial charge in [0.1, 0.15) is 12.6 Å². The van der Waals surface area contributed by atoms with E-state index in [4.69, 9.17) is 33.7 Å². The number of nitrogens with two attached hydrogens (primary N) is 1. The first-order valence-corrected chi connectivity index (χ1v) is 5.92. The van der Waals surface area contributed by atoms with E-state index < -0.39 is 18.1 Å². The zero-order chi connectivity index (χ0) is 14.4. The van der Waals surface area contributed by atoms with Gasteiger partial charge >= 0.3 is 12.1 Å². The molecular weight excluding hydrogens is 295 g/mol. The van der Waals surface area contributed by atoms with E-state index in [1.54, 1.807) is 6.07 Å². The highest BCUT2D eigenvalue weighted by molar-refractivity contribution is 6.42. The van der Waals surface area contributed by atoms with E-state index in [-0.39, 0.29) is 6.61 Å². The molecule has 6 nitrogen and oxygen atoms in total. The largest absolute Gasteiger partial charge is 0.468 e. The predicted molar refractivity (Wildman–Crippen MR) is 71.4 cm³/mol. The van der Waals surface area contributed by atoms with Crippen molar-refractivity contribution >= 4 is 41.0 Å². The molecule has 0 radical (unpaired) electrons. The number of methoxy groups -OCH3 is 1. The van der Waals surface area contributed by atoms with Crippen molar-refractivity contribution in [1.82, 2.24) is 0 Å². The van der Waals surface area contributed by atoms with Gasteiger partial charge in [-0.15, -0.1) is 0 Å². The van der Waals surface area contributed by atoms with E-state index in [0.29, 0.717) is 15.7 Å². The van der Waals surface area contributed by atoms with E-state index >= 15 is 0 Å². The third kappa shape index (κ3) is 4.94. The Morgan fingerprint density at radius 1 is 1.37 bits per heavy atom. The fourth-order valence-corrected chi connectivity index (χ4v) is 1.41. The van der Waals surface area contributed by atoms with Gasteiger partial charge in [-0.3, -0.25) is 10.1 Å². The van der Waals surface area contributed by atoms with Crippen LogP contribution in [0, 0.1) is 0 Å². The molecule has 0 aliphatic heterocycles. The summed E-state index contributed by atoms with van der Waals surface area (Å²) in [7, 11) is 1.19. The fourth-order valence-electron chi connectivity index (χ4n) is 1.11. The van der Waals surface area contributed by atoms with E-state index in [9.17, 15) is 9.59 Å². The zero-order valence-electron chi connectivity index (χ0n) is 9.98. The lowest BCUT2D eigenvalue weighted by atomic mass is 10.3. The van der Waals surface area contributed by atoms with Crippen LogP contribution in [-0.2, 0) is 14.3 Å². The highest BCUT2D eigenvalue weighted by Gasteiger charge is 2.16. The second kappa shape index (κ2) is 7.18. The molecule has 0 aliphatic carbocycles. The first-order valence-electron chi connectivity index (χ1n) is 5.16. The number of carbonyl (C=O) groups excluding carboxylic acids is 2. The molecule has 0 fully saturated rings. The summed E-state index contributed by atoms with van der Waals surface area (Å²) in [6, 6.07) is 3.52. The lowest BCUT2D eigenvalue weighted by molar-refractivity contribution is -0.143. The van der Waals surface area contributed by atoms with Crippen LogP contribution >= 0.6 is 23.2 Å². The van der Waals surface area contributed by atoms with E-state index in [0.717, 1.165) is 0 Å². The Hall–Kier alpha value is -1.50. The van der Waals surface area contributed by atoms with E-state index in [2.05, 4.69) is 10.1 Å². The highest BCUT2D eigenvalue weighted by Crippen LogP contribution is 2.24. The average molecular weight is 307 g/mol. The fraction of sp³-hybridized carbons (Fsp3) is 0.273. The van der Waals surface area contributed by atoms with Gasteiger partial charge in [0, 0.05) is 5.69 Å². The van der Waals surface area contributed by atoms with Crippen molar-refractivity contribution in [2.75, 3.05) is 19.0 Å². The molecular formula is C11H12Cl2N2O4. The molecule has 0 aliphatic rings. The summed E-state index contributed by atoms with van der Waals surface area (Å²) >= 11 is 11.5. The molecule has 0 bridgehead atoms. The molecule has 1 aromatic rings. The number of halogens is 2. The van der Waals surface area contributed by atoms with Gasteiger partial charge < -0.3 is 15.2 Å². The number of anilines is 1. The molecule has 0 saturated heterocycles. The van der Waals surface area contributed by atoms with E-state index in [1.807, 2.05) is 0 Å². The number of hydrogen-bond acceptors (Lipinski definition) is 5. The van der Waals surface area contributed by atoms with Crippen molar-refractivity contribution in [2.24, 2.45) is 5.73 Å². The van der Waals surface area contributed by atoms with E-state index in [1.165, 1.54) is 19.2 Å². The van der Waals surface area contributed by atoms with Crippen LogP contribution in [0.15, 0.2) is 18.2 Å². The van der Waals surface area contributed by atoms with Gasteiger partial charge in [-0.25, -0.2) is 4.79 Å². The summed E-state index contributed by atoms with van der Waals surface area (Å²) in [4.78, 5) is 22.4. The maximum Gasteiger partial charge on any atom is 0.411 e. The summed E-state index contributed by atoms with van der Waals surface area (Å²) in [6.45, 7) is -0.292. The maximum absolute atomic E-state index is 11.4. The molecule has 1 amide bonds. The lowest BCUT2D eigenvalue weighted by Gasteiger charge is -2.11. The summed E-state index contributed by atoms with van der Waals surface area (Å²) in [5.41, 5.74) is 5.80. The standard InChI is InChI=1S/C11H12Cl2N2O4/c1-18-10(16)9(14)5-19-11(17)15-6-2-3-7(12)8(13)4-6/h2-4,9H,5,14H2,1H3,(H,15,17). The minimum absolute atomic E-state index is 0.292. The molecule has 1 aromatic carbocycles. The lowest BCUT2D eigenvalue weighted by Crippen LogP contribution is -2.37. The Labute approximate surface area is 119 Å². The first-order chi connectivity index (χ1) is 8.93. The van der Waals surface area contributed by atoms with Gasteiger partial charge in [-0.2, -0.15) is 0 Å². The summed E-state index contributed by atoms with van der Waals surface area (Å²) in [5.74, 6) is -0.665. The van der Waals surface area contributed by atoms with Gasteiger partial charge in [-0.05, 0) is 18.2 Å². The number of amides is 1. The Balaban J connectivity index is 2.47. The predicted octanol–water partition coefficient (Wildman–Crippen LogP) is 2.04. The van der Waals surface area contributed by atoms with Crippen LogP contribution in [0.4, 0.5) is 10.5 Å². The monoisotopic (exact) mass is 306 g/mol. The summed E-state index contributed by atoms with van der Waals surface area (Å²) < 4.78 is 9.13. The minimum Gasteiger partial charge on any atom is -0.468 e. The number of benzene rings is 1. The molecule has 0 spiro atoms. The summed E-state index contributed by atoms with van der Waals surface area (Å²) in [5, 5.41) is 3.08. The Morgan fingerprint density at radius 3 is 2.63 bits per heavy atom. The number of ether oxygens (including phenoxy) is 2. The third-order valence-corrected chi connectivity index (χ3v) is 2.80. The Morgan fingerprint density at radius 2 is 2.05 bits per heavy atom. The van der Waals surface area contributed by atoms with Crippen molar-refractivity contribution in [2.45, 2.75) is 6.04 Å². The molecule has 0 heterocycles. The van der Waals surface area contributed by atoms with Crippen LogP contribution in [0.2, 0.25) is 10.0 Å². The van der Waals surface area contributed by atoms with Gasteiger partial charge in [0.25, 0.3) is 0 Å². The SMILES string of the molecule is COC(=O)C(N)COC(=O)Nc1ccc(Cl)c(Cl)c1. The molecule has 3 N–H and O–H groups in total. The molecule has 0 saturated carbocycles. The van der Waals surface area contributed by atoms with Crippen molar-refractivity contribution < 1.29 is 19.1 Å². The second-order valence-electron chi connectivity index (χ2n) is 3.48. The van der Waals surface area contributed by atoms with Gasteiger partial charge in [0.2, 0.25) is 0 Å². The Bertz CT molecular complexity index is 482. The smallest absolute Gasteiger partial charge is 0.411 e. The molecule has 1 rings (SSSR count). The highest BCUT2D eigenvalue weighted by atomic mass is 35.5.